The zero-order chi connectivity index (χ0) is 13.9. The Hall–Kier alpha value is -0.310. The number of halogens is 5. The maximum atomic E-state index is 12.0. The second-order valence-electron chi connectivity index (χ2n) is 3.40. The highest BCUT2D eigenvalue weighted by Gasteiger charge is 2.31. The molecule has 0 aliphatic carbocycles. The van der Waals surface area contributed by atoms with Crippen LogP contribution in [0.25, 0.3) is 0 Å². The van der Waals surface area contributed by atoms with Gasteiger partial charge in [-0.2, -0.15) is 0 Å². The molecule has 0 spiro atoms. The van der Waals surface area contributed by atoms with Gasteiger partial charge in [0.15, 0.2) is 0 Å². The Labute approximate surface area is 118 Å². The molecule has 102 valence electrons. The van der Waals surface area contributed by atoms with Crippen molar-refractivity contribution in [2.45, 2.75) is 18.6 Å². The van der Waals surface area contributed by atoms with Crippen LogP contribution in [0.2, 0.25) is 0 Å². The Bertz CT molecular complexity index is 412. The molecule has 8 heteroatoms. The third kappa shape index (κ3) is 4.42. The first kappa shape index (κ1) is 15.7. The normalized spacial score (nSPS) is 15.3. The molecule has 0 aliphatic rings. The first-order chi connectivity index (χ1) is 8.24. The predicted molar refractivity (Wildman–Crippen MR) is 65.6 cm³/mol. The van der Waals surface area contributed by atoms with E-state index in [1.54, 1.807) is 0 Å². The summed E-state index contributed by atoms with van der Waals surface area (Å²) in [6.45, 7) is 0. The standard InChI is InChI=1S/C10H9Br2F3O3/c11-4-8(16)9(17)6-2-1-5(3-7(6)12)18-10(13,14)15/h1-3,8-9,16-17H,4H2. The average Bonchev–Trinajstić information content (AvgIpc) is 2.25. The smallest absolute Gasteiger partial charge is 0.406 e. The summed E-state index contributed by atoms with van der Waals surface area (Å²) in [5.41, 5.74) is 0.275. The number of aliphatic hydroxyl groups is 2. The van der Waals surface area contributed by atoms with Crippen molar-refractivity contribution in [3.8, 4) is 5.75 Å². The van der Waals surface area contributed by atoms with Crippen molar-refractivity contribution in [1.82, 2.24) is 0 Å². The van der Waals surface area contributed by atoms with Crippen LogP contribution < -0.4 is 4.74 Å². The minimum Gasteiger partial charge on any atom is -0.406 e. The molecular weight excluding hydrogens is 385 g/mol. The zero-order valence-electron chi connectivity index (χ0n) is 8.79. The molecule has 1 aromatic carbocycles. The molecule has 18 heavy (non-hydrogen) atoms. The van der Waals surface area contributed by atoms with Crippen molar-refractivity contribution in [2.75, 3.05) is 5.33 Å². The number of hydrogen-bond donors (Lipinski definition) is 2. The van der Waals surface area contributed by atoms with Gasteiger partial charge in [0.25, 0.3) is 0 Å². The number of benzene rings is 1. The lowest BCUT2D eigenvalue weighted by atomic mass is 10.1. The van der Waals surface area contributed by atoms with Gasteiger partial charge in [0.2, 0.25) is 0 Å². The summed E-state index contributed by atoms with van der Waals surface area (Å²) in [4.78, 5) is 0. The fourth-order valence-electron chi connectivity index (χ4n) is 1.24. The summed E-state index contributed by atoms with van der Waals surface area (Å²) in [7, 11) is 0. The highest BCUT2D eigenvalue weighted by Crippen LogP contribution is 2.32. The summed E-state index contributed by atoms with van der Waals surface area (Å²) in [6.07, 6.45) is -7.04. The van der Waals surface area contributed by atoms with E-state index in [4.69, 9.17) is 0 Å². The maximum absolute atomic E-state index is 12.0. The van der Waals surface area contributed by atoms with Crippen LogP contribution >= 0.6 is 31.9 Å². The van der Waals surface area contributed by atoms with Gasteiger partial charge in [0.05, 0.1) is 6.10 Å². The second-order valence-corrected chi connectivity index (χ2v) is 4.90. The predicted octanol–water partition coefficient (Wildman–Crippen LogP) is 3.14. The molecule has 2 N–H and O–H groups in total. The van der Waals surface area contributed by atoms with Crippen molar-refractivity contribution >= 4 is 31.9 Å². The molecular formula is C10H9Br2F3O3. The van der Waals surface area contributed by atoms with Crippen molar-refractivity contribution < 1.29 is 28.1 Å². The molecule has 2 atom stereocenters. The van der Waals surface area contributed by atoms with E-state index in [0.29, 0.717) is 0 Å². The van der Waals surface area contributed by atoms with Crippen molar-refractivity contribution in [2.24, 2.45) is 0 Å². The molecule has 0 fully saturated rings. The van der Waals surface area contributed by atoms with Crippen LogP contribution in [-0.4, -0.2) is 28.0 Å². The van der Waals surface area contributed by atoms with E-state index in [2.05, 4.69) is 36.6 Å². The topological polar surface area (TPSA) is 49.7 Å². The van der Waals surface area contributed by atoms with Gasteiger partial charge in [0, 0.05) is 9.80 Å². The van der Waals surface area contributed by atoms with Crippen LogP contribution in [0, 0.1) is 0 Å². The van der Waals surface area contributed by atoms with Gasteiger partial charge in [0.1, 0.15) is 11.9 Å². The quantitative estimate of drug-likeness (QED) is 0.772. The Morgan fingerprint density at radius 3 is 2.33 bits per heavy atom. The van der Waals surface area contributed by atoms with E-state index in [1.807, 2.05) is 0 Å². The Morgan fingerprint density at radius 1 is 1.28 bits per heavy atom. The molecule has 3 nitrogen and oxygen atoms in total. The average molecular weight is 394 g/mol. The van der Waals surface area contributed by atoms with Crippen LogP contribution in [0.3, 0.4) is 0 Å². The molecule has 0 bridgehead atoms. The van der Waals surface area contributed by atoms with Gasteiger partial charge < -0.3 is 14.9 Å². The van der Waals surface area contributed by atoms with Gasteiger partial charge in [-0.05, 0) is 17.7 Å². The SMILES string of the molecule is OC(CBr)C(O)c1ccc(OC(F)(F)F)cc1Br. The highest BCUT2D eigenvalue weighted by atomic mass is 79.9. The minimum atomic E-state index is -4.77. The number of rotatable bonds is 4. The number of aliphatic hydroxyl groups excluding tert-OH is 2. The summed E-state index contributed by atoms with van der Waals surface area (Å²) in [5.74, 6) is -0.404. The molecule has 0 radical (unpaired) electrons. The molecule has 0 aliphatic heterocycles. The van der Waals surface area contributed by atoms with E-state index in [9.17, 15) is 23.4 Å². The maximum Gasteiger partial charge on any atom is 0.573 e. The van der Waals surface area contributed by atoms with Crippen LogP contribution in [0.4, 0.5) is 13.2 Å². The number of alkyl halides is 4. The molecule has 0 aromatic heterocycles. The van der Waals surface area contributed by atoms with Gasteiger partial charge in [-0.1, -0.05) is 37.9 Å². The largest absolute Gasteiger partial charge is 0.573 e. The van der Waals surface area contributed by atoms with Crippen molar-refractivity contribution in [3.05, 3.63) is 28.2 Å². The Morgan fingerprint density at radius 2 is 1.89 bits per heavy atom. The summed E-state index contributed by atoms with van der Waals surface area (Å²) in [5, 5.41) is 19.3. The Balaban J connectivity index is 2.92. The van der Waals surface area contributed by atoms with E-state index in [-0.39, 0.29) is 15.4 Å². The second kappa shape index (κ2) is 6.23. The van der Waals surface area contributed by atoms with E-state index in [1.165, 1.54) is 6.07 Å². The molecule has 1 rings (SSSR count). The van der Waals surface area contributed by atoms with Gasteiger partial charge in [-0.3, -0.25) is 0 Å². The Kier molecular flexibility index (Phi) is 5.45. The first-order valence-electron chi connectivity index (χ1n) is 4.72. The van der Waals surface area contributed by atoms with Gasteiger partial charge in [-0.15, -0.1) is 13.2 Å². The third-order valence-corrected chi connectivity index (χ3v) is 3.40. The summed E-state index contributed by atoms with van der Waals surface area (Å²) in [6, 6.07) is 3.40. The highest BCUT2D eigenvalue weighted by molar-refractivity contribution is 9.10. The van der Waals surface area contributed by atoms with E-state index in [0.717, 1.165) is 12.1 Å². The first-order valence-corrected chi connectivity index (χ1v) is 6.63. The zero-order valence-corrected chi connectivity index (χ0v) is 12.0. The molecule has 2 unspecified atom stereocenters. The lowest BCUT2D eigenvalue weighted by Crippen LogP contribution is -2.20. The van der Waals surface area contributed by atoms with Crippen molar-refractivity contribution in [1.29, 1.82) is 0 Å². The summed E-state index contributed by atoms with van der Waals surface area (Å²) >= 11 is 6.01. The van der Waals surface area contributed by atoms with E-state index < -0.39 is 24.3 Å². The van der Waals surface area contributed by atoms with E-state index >= 15 is 0 Å². The van der Waals surface area contributed by atoms with Crippen molar-refractivity contribution in [3.63, 3.8) is 0 Å². The monoisotopic (exact) mass is 392 g/mol. The lowest BCUT2D eigenvalue weighted by Gasteiger charge is -2.18. The lowest BCUT2D eigenvalue weighted by molar-refractivity contribution is -0.274. The minimum absolute atomic E-state index is 0.140. The molecule has 1 aromatic rings. The van der Waals surface area contributed by atoms with Crippen LogP contribution in [0.5, 0.6) is 5.75 Å². The molecule has 0 saturated carbocycles. The van der Waals surface area contributed by atoms with Crippen LogP contribution in [0.1, 0.15) is 11.7 Å². The number of hydrogen-bond acceptors (Lipinski definition) is 3. The number of ether oxygens (including phenoxy) is 1. The van der Waals surface area contributed by atoms with Crippen LogP contribution in [-0.2, 0) is 0 Å². The van der Waals surface area contributed by atoms with Crippen LogP contribution in [0.15, 0.2) is 22.7 Å². The summed E-state index contributed by atoms with van der Waals surface area (Å²) < 4.78 is 39.9. The van der Waals surface area contributed by atoms with Gasteiger partial charge >= 0.3 is 6.36 Å². The van der Waals surface area contributed by atoms with Gasteiger partial charge in [-0.25, -0.2) is 0 Å². The fourth-order valence-corrected chi connectivity index (χ4v) is 2.18. The molecule has 0 saturated heterocycles. The molecule has 0 heterocycles. The molecule has 0 amide bonds. The fraction of sp³-hybridized carbons (Fsp3) is 0.400. The third-order valence-electron chi connectivity index (χ3n) is 2.05.